The summed E-state index contributed by atoms with van der Waals surface area (Å²) in [7, 11) is 0. The summed E-state index contributed by atoms with van der Waals surface area (Å²) < 4.78 is 5.39. The van der Waals surface area contributed by atoms with Gasteiger partial charge < -0.3 is 14.8 Å². The molecule has 1 aromatic carbocycles. The average molecular weight is 247 g/mol. The first kappa shape index (κ1) is 12.5. The summed E-state index contributed by atoms with van der Waals surface area (Å²) in [6.45, 7) is 4.22. The zero-order valence-electron chi connectivity index (χ0n) is 10.5. The summed E-state index contributed by atoms with van der Waals surface area (Å²) >= 11 is 0. The van der Waals surface area contributed by atoms with Crippen molar-refractivity contribution < 1.29 is 14.3 Å². The summed E-state index contributed by atoms with van der Waals surface area (Å²) in [6, 6.07) is 7.67. The number of para-hydroxylation sites is 1. The summed E-state index contributed by atoms with van der Waals surface area (Å²) in [6.07, 6.45) is 1.63. The molecule has 2 N–H and O–H groups in total. The van der Waals surface area contributed by atoms with Gasteiger partial charge in [0, 0.05) is 11.9 Å². The molecule has 2 rings (SSSR count). The van der Waals surface area contributed by atoms with Crippen molar-refractivity contribution in [3.05, 3.63) is 30.5 Å². The Morgan fingerprint density at radius 3 is 2.78 bits per heavy atom. The van der Waals surface area contributed by atoms with Gasteiger partial charge in [-0.3, -0.25) is 4.79 Å². The SMILES string of the molecule is CC(C)C(CNc1coc2ccccc12)C(=O)O. The summed E-state index contributed by atoms with van der Waals surface area (Å²) in [5, 5.41) is 13.3. The van der Waals surface area contributed by atoms with Crippen LogP contribution in [0.2, 0.25) is 0 Å². The lowest BCUT2D eigenvalue weighted by Gasteiger charge is -2.16. The van der Waals surface area contributed by atoms with E-state index in [1.165, 1.54) is 0 Å². The first-order chi connectivity index (χ1) is 8.59. The molecule has 0 radical (unpaired) electrons. The van der Waals surface area contributed by atoms with Crippen LogP contribution in [-0.4, -0.2) is 17.6 Å². The van der Waals surface area contributed by atoms with Crippen molar-refractivity contribution in [2.24, 2.45) is 11.8 Å². The zero-order valence-corrected chi connectivity index (χ0v) is 10.5. The standard InChI is InChI=1S/C14H17NO3/c1-9(2)11(14(16)17)7-15-12-8-18-13-6-4-3-5-10(12)13/h3-6,8-9,11,15H,7H2,1-2H3,(H,16,17). The number of carboxylic acid groups (broad SMARTS) is 1. The van der Waals surface area contributed by atoms with Gasteiger partial charge in [-0.15, -0.1) is 0 Å². The molecule has 2 aromatic rings. The van der Waals surface area contributed by atoms with E-state index in [4.69, 9.17) is 9.52 Å². The van der Waals surface area contributed by atoms with Crippen LogP contribution in [0.1, 0.15) is 13.8 Å². The Kier molecular flexibility index (Phi) is 3.55. The molecule has 0 aliphatic heterocycles. The molecule has 0 saturated heterocycles. The predicted molar refractivity (Wildman–Crippen MR) is 70.7 cm³/mol. The third kappa shape index (κ3) is 2.47. The van der Waals surface area contributed by atoms with Crippen LogP contribution in [0, 0.1) is 11.8 Å². The van der Waals surface area contributed by atoms with Crippen molar-refractivity contribution in [2.75, 3.05) is 11.9 Å². The molecule has 0 amide bonds. The maximum Gasteiger partial charge on any atom is 0.308 e. The van der Waals surface area contributed by atoms with Crippen molar-refractivity contribution >= 4 is 22.6 Å². The van der Waals surface area contributed by atoms with E-state index in [2.05, 4.69) is 5.32 Å². The van der Waals surface area contributed by atoms with E-state index in [-0.39, 0.29) is 5.92 Å². The van der Waals surface area contributed by atoms with Gasteiger partial charge in [0.15, 0.2) is 0 Å². The fraction of sp³-hybridized carbons (Fsp3) is 0.357. The van der Waals surface area contributed by atoms with Gasteiger partial charge in [-0.05, 0) is 18.1 Å². The Labute approximate surface area is 106 Å². The third-order valence-electron chi connectivity index (χ3n) is 3.12. The Bertz CT molecular complexity index is 545. The number of furan rings is 1. The van der Waals surface area contributed by atoms with E-state index in [9.17, 15) is 4.79 Å². The number of fused-ring (bicyclic) bond motifs is 1. The number of benzene rings is 1. The van der Waals surface area contributed by atoms with E-state index in [1.807, 2.05) is 38.1 Å². The molecule has 1 heterocycles. The molecule has 0 bridgehead atoms. The number of carbonyl (C=O) groups is 1. The van der Waals surface area contributed by atoms with E-state index < -0.39 is 11.9 Å². The van der Waals surface area contributed by atoms with Crippen LogP contribution in [0.4, 0.5) is 5.69 Å². The van der Waals surface area contributed by atoms with Crippen LogP contribution in [0.15, 0.2) is 34.9 Å². The monoisotopic (exact) mass is 247 g/mol. The van der Waals surface area contributed by atoms with Gasteiger partial charge in [0.1, 0.15) is 11.8 Å². The molecule has 0 saturated carbocycles. The minimum absolute atomic E-state index is 0.0909. The smallest absolute Gasteiger partial charge is 0.308 e. The van der Waals surface area contributed by atoms with Crippen LogP contribution < -0.4 is 5.32 Å². The fourth-order valence-corrected chi connectivity index (χ4v) is 1.94. The first-order valence-corrected chi connectivity index (χ1v) is 6.02. The molecule has 4 nitrogen and oxygen atoms in total. The lowest BCUT2D eigenvalue weighted by atomic mass is 9.96. The zero-order chi connectivity index (χ0) is 13.1. The second kappa shape index (κ2) is 5.12. The third-order valence-corrected chi connectivity index (χ3v) is 3.12. The second-order valence-electron chi connectivity index (χ2n) is 4.72. The number of anilines is 1. The number of hydrogen-bond donors (Lipinski definition) is 2. The highest BCUT2D eigenvalue weighted by atomic mass is 16.4. The highest BCUT2D eigenvalue weighted by Gasteiger charge is 2.21. The lowest BCUT2D eigenvalue weighted by molar-refractivity contribution is -0.142. The Morgan fingerprint density at radius 2 is 2.11 bits per heavy atom. The van der Waals surface area contributed by atoms with Gasteiger partial charge in [0.05, 0.1) is 11.6 Å². The van der Waals surface area contributed by atoms with Gasteiger partial charge in [-0.2, -0.15) is 0 Å². The van der Waals surface area contributed by atoms with Crippen molar-refractivity contribution in [1.29, 1.82) is 0 Å². The maximum absolute atomic E-state index is 11.1. The topological polar surface area (TPSA) is 62.5 Å². The molecule has 4 heteroatoms. The Morgan fingerprint density at radius 1 is 1.39 bits per heavy atom. The molecule has 18 heavy (non-hydrogen) atoms. The van der Waals surface area contributed by atoms with Gasteiger partial charge >= 0.3 is 5.97 Å². The predicted octanol–water partition coefficient (Wildman–Crippen LogP) is 3.20. The minimum Gasteiger partial charge on any atom is -0.481 e. The summed E-state index contributed by atoms with van der Waals surface area (Å²) in [4.78, 5) is 11.1. The molecule has 0 aliphatic carbocycles. The number of rotatable bonds is 5. The largest absolute Gasteiger partial charge is 0.481 e. The first-order valence-electron chi connectivity index (χ1n) is 6.02. The molecule has 96 valence electrons. The van der Waals surface area contributed by atoms with Crippen LogP contribution in [0.25, 0.3) is 11.0 Å². The molecule has 0 aliphatic rings. The van der Waals surface area contributed by atoms with E-state index in [0.717, 1.165) is 16.7 Å². The Balaban J connectivity index is 2.12. The average Bonchev–Trinajstić information content (AvgIpc) is 2.72. The molecule has 0 spiro atoms. The summed E-state index contributed by atoms with van der Waals surface area (Å²) in [5.41, 5.74) is 1.65. The van der Waals surface area contributed by atoms with Crippen LogP contribution >= 0.6 is 0 Å². The van der Waals surface area contributed by atoms with E-state index >= 15 is 0 Å². The van der Waals surface area contributed by atoms with Crippen LogP contribution in [0.3, 0.4) is 0 Å². The van der Waals surface area contributed by atoms with Gasteiger partial charge in [0.25, 0.3) is 0 Å². The number of hydrogen-bond acceptors (Lipinski definition) is 3. The van der Waals surface area contributed by atoms with E-state index in [1.54, 1.807) is 6.26 Å². The quantitative estimate of drug-likeness (QED) is 0.851. The maximum atomic E-state index is 11.1. The van der Waals surface area contributed by atoms with Crippen molar-refractivity contribution in [3.63, 3.8) is 0 Å². The number of nitrogens with one attached hydrogen (secondary N) is 1. The molecule has 0 fully saturated rings. The van der Waals surface area contributed by atoms with Gasteiger partial charge in [-0.1, -0.05) is 26.0 Å². The summed E-state index contributed by atoms with van der Waals surface area (Å²) in [5.74, 6) is -1.09. The highest BCUT2D eigenvalue weighted by molar-refractivity contribution is 5.90. The van der Waals surface area contributed by atoms with Gasteiger partial charge in [-0.25, -0.2) is 0 Å². The molecule has 1 unspecified atom stereocenters. The van der Waals surface area contributed by atoms with Gasteiger partial charge in [0.2, 0.25) is 0 Å². The van der Waals surface area contributed by atoms with E-state index in [0.29, 0.717) is 6.54 Å². The molecule has 1 atom stereocenters. The van der Waals surface area contributed by atoms with Crippen molar-refractivity contribution in [2.45, 2.75) is 13.8 Å². The van der Waals surface area contributed by atoms with Crippen LogP contribution in [0.5, 0.6) is 0 Å². The minimum atomic E-state index is -0.773. The molecular weight excluding hydrogens is 230 g/mol. The number of carboxylic acids is 1. The fourth-order valence-electron chi connectivity index (χ4n) is 1.94. The van der Waals surface area contributed by atoms with Crippen LogP contribution in [-0.2, 0) is 4.79 Å². The Hall–Kier alpha value is -1.97. The lowest BCUT2D eigenvalue weighted by Crippen LogP contribution is -2.27. The molecular formula is C14H17NO3. The second-order valence-corrected chi connectivity index (χ2v) is 4.72. The highest BCUT2D eigenvalue weighted by Crippen LogP contribution is 2.25. The number of aliphatic carboxylic acids is 1. The normalized spacial score (nSPS) is 12.8. The molecule has 1 aromatic heterocycles. The van der Waals surface area contributed by atoms with Crippen molar-refractivity contribution in [3.8, 4) is 0 Å². The van der Waals surface area contributed by atoms with Crippen molar-refractivity contribution in [1.82, 2.24) is 0 Å².